The third kappa shape index (κ3) is 5.27. The maximum absolute atomic E-state index is 14.8. The van der Waals surface area contributed by atoms with Gasteiger partial charge in [-0.3, -0.25) is 14.4 Å². The second kappa shape index (κ2) is 11.1. The van der Waals surface area contributed by atoms with Crippen molar-refractivity contribution in [2.75, 3.05) is 11.9 Å². The van der Waals surface area contributed by atoms with E-state index in [1.54, 1.807) is 13.0 Å². The van der Waals surface area contributed by atoms with Crippen LogP contribution in [0.1, 0.15) is 55.7 Å². The highest BCUT2D eigenvalue weighted by Crippen LogP contribution is 2.51. The Bertz CT molecular complexity index is 1830. The molecule has 1 spiro atoms. The minimum atomic E-state index is -4.95. The summed E-state index contributed by atoms with van der Waals surface area (Å²) in [5.74, 6) is -11.0. The molecule has 0 bridgehead atoms. The average molecular weight is 663 g/mol. The van der Waals surface area contributed by atoms with Crippen molar-refractivity contribution in [2.45, 2.75) is 68.7 Å². The van der Waals surface area contributed by atoms with Crippen molar-refractivity contribution in [3.63, 3.8) is 0 Å². The Hall–Kier alpha value is -4.94. The van der Waals surface area contributed by atoms with Crippen LogP contribution >= 0.6 is 0 Å². The number of nitrogens with one attached hydrogen (secondary N) is 3. The first-order chi connectivity index (χ1) is 22.0. The summed E-state index contributed by atoms with van der Waals surface area (Å²) >= 11 is 0. The van der Waals surface area contributed by atoms with Gasteiger partial charge in [0.15, 0.2) is 23.3 Å². The molecule has 6 rings (SSSR count). The summed E-state index contributed by atoms with van der Waals surface area (Å²) in [6.45, 7) is 0.823. The SMILES string of the molecule is CC1NC2=C(C=C1C(=O)N[C@H]1C[C@@H](c3c(F)c(F)cc(F)c3F)[C@@H](C)N(CC(F)(F)F)C1=O)C[C@@]1(C2)C(=O)Nc2ncc(C#N)cc21. The number of rotatable bonds is 4. The second-order valence-corrected chi connectivity index (χ2v) is 12.2. The molecule has 3 amide bonds. The van der Waals surface area contributed by atoms with Gasteiger partial charge in [0.1, 0.15) is 24.5 Å². The Balaban J connectivity index is 1.30. The molecular formula is C31H25F7N6O3. The van der Waals surface area contributed by atoms with Gasteiger partial charge in [0, 0.05) is 53.0 Å². The van der Waals surface area contributed by atoms with E-state index in [1.165, 1.54) is 12.3 Å². The van der Waals surface area contributed by atoms with Crippen LogP contribution in [0.15, 0.2) is 41.2 Å². The minimum absolute atomic E-state index is 0.0354. The Morgan fingerprint density at radius 1 is 1.13 bits per heavy atom. The van der Waals surface area contributed by atoms with Gasteiger partial charge < -0.3 is 20.9 Å². The van der Waals surface area contributed by atoms with Crippen molar-refractivity contribution in [2.24, 2.45) is 0 Å². The first-order valence-corrected chi connectivity index (χ1v) is 14.5. The van der Waals surface area contributed by atoms with E-state index >= 15 is 0 Å². The number of benzene rings is 1. The molecule has 1 unspecified atom stereocenters. The molecule has 0 saturated carbocycles. The van der Waals surface area contributed by atoms with E-state index in [-0.39, 0.29) is 40.9 Å². The number of piperidine rings is 1. The molecule has 246 valence electrons. The summed E-state index contributed by atoms with van der Waals surface area (Å²) in [5.41, 5.74) is -0.304. The number of fused-ring (bicyclic) bond motifs is 2. The molecule has 1 aliphatic carbocycles. The highest BCUT2D eigenvalue weighted by atomic mass is 19.4. The molecule has 4 aliphatic rings. The van der Waals surface area contributed by atoms with Crippen LogP contribution in [0.25, 0.3) is 0 Å². The molecular weight excluding hydrogens is 637 g/mol. The van der Waals surface area contributed by atoms with Crippen LogP contribution in [0.5, 0.6) is 0 Å². The van der Waals surface area contributed by atoms with E-state index < -0.39 is 89.2 Å². The molecule has 1 fully saturated rings. The van der Waals surface area contributed by atoms with Gasteiger partial charge in [-0.25, -0.2) is 22.5 Å². The van der Waals surface area contributed by atoms with Crippen LogP contribution in [0.3, 0.4) is 0 Å². The Morgan fingerprint density at radius 3 is 2.45 bits per heavy atom. The van der Waals surface area contributed by atoms with E-state index in [4.69, 9.17) is 0 Å². The van der Waals surface area contributed by atoms with Gasteiger partial charge in [-0.15, -0.1) is 0 Å². The molecule has 4 heterocycles. The Kier molecular flexibility index (Phi) is 7.56. The van der Waals surface area contributed by atoms with Crippen molar-refractivity contribution in [1.82, 2.24) is 20.5 Å². The number of hydrogen-bond acceptors (Lipinski definition) is 6. The summed E-state index contributed by atoms with van der Waals surface area (Å²) in [5, 5.41) is 17.6. The zero-order valence-electron chi connectivity index (χ0n) is 24.7. The van der Waals surface area contributed by atoms with Gasteiger partial charge in [-0.05, 0) is 44.4 Å². The standard InChI is InChI=1S/C31H25F7N6O3/c1-12-16(4-15-7-30(8-22(15)41-12)18-3-14(9-39)10-40-26(18)43-29(30)47)27(45)42-21-5-17(13(2)44(28(21)46)11-31(36,37)38)23-24(34)19(32)6-20(33)25(23)35/h3-4,6,10,12-13,17,21,41H,5,7-8,11H2,1-2H3,(H,42,45)(H,40,43,47)/t12?,13-,17-,21+,30+/m1/s1. The Labute approximate surface area is 262 Å². The number of nitrogens with zero attached hydrogens (tertiary/aromatic N) is 3. The number of anilines is 1. The van der Waals surface area contributed by atoms with Crippen LogP contribution < -0.4 is 16.0 Å². The monoisotopic (exact) mass is 662 g/mol. The molecule has 0 radical (unpaired) electrons. The van der Waals surface area contributed by atoms with Gasteiger partial charge in [0.2, 0.25) is 17.7 Å². The molecule has 1 saturated heterocycles. The van der Waals surface area contributed by atoms with Crippen LogP contribution in [-0.4, -0.2) is 58.5 Å². The molecule has 3 N–H and O–H groups in total. The van der Waals surface area contributed by atoms with Crippen LogP contribution in [0.4, 0.5) is 36.6 Å². The smallest absolute Gasteiger partial charge is 0.381 e. The van der Waals surface area contributed by atoms with Gasteiger partial charge >= 0.3 is 6.18 Å². The summed E-state index contributed by atoms with van der Waals surface area (Å²) < 4.78 is 98.5. The first-order valence-electron chi connectivity index (χ1n) is 14.5. The van der Waals surface area contributed by atoms with Crippen molar-refractivity contribution < 1.29 is 45.1 Å². The number of amides is 3. The van der Waals surface area contributed by atoms with Crippen LogP contribution in [-0.2, 0) is 19.8 Å². The third-order valence-electron chi connectivity index (χ3n) is 9.32. The van der Waals surface area contributed by atoms with Gasteiger partial charge in [-0.2, -0.15) is 18.4 Å². The molecule has 3 aliphatic heterocycles. The van der Waals surface area contributed by atoms with Crippen molar-refractivity contribution in [1.29, 1.82) is 5.26 Å². The third-order valence-corrected chi connectivity index (χ3v) is 9.32. The number of halogens is 7. The number of pyridine rings is 1. The number of aromatic nitrogens is 1. The first kappa shape index (κ1) is 32.0. The van der Waals surface area contributed by atoms with E-state index in [0.29, 0.717) is 22.7 Å². The zero-order valence-corrected chi connectivity index (χ0v) is 24.7. The normalized spacial score (nSPS) is 26.8. The van der Waals surface area contributed by atoms with E-state index in [9.17, 15) is 50.4 Å². The van der Waals surface area contributed by atoms with E-state index in [1.807, 2.05) is 6.07 Å². The topological polar surface area (TPSA) is 127 Å². The van der Waals surface area contributed by atoms with Crippen LogP contribution in [0, 0.1) is 34.6 Å². The van der Waals surface area contributed by atoms with Crippen molar-refractivity contribution in [3.8, 4) is 6.07 Å². The fourth-order valence-electron chi connectivity index (χ4n) is 7.02. The lowest BCUT2D eigenvalue weighted by Gasteiger charge is -2.43. The lowest BCUT2D eigenvalue weighted by molar-refractivity contribution is -0.171. The highest BCUT2D eigenvalue weighted by Gasteiger charge is 2.53. The summed E-state index contributed by atoms with van der Waals surface area (Å²) in [6.07, 6.45) is -2.49. The number of allylic oxidation sites excluding steroid dienone is 3. The number of alkyl halides is 3. The van der Waals surface area contributed by atoms with E-state index in [2.05, 4.69) is 20.9 Å². The van der Waals surface area contributed by atoms with Gasteiger partial charge in [0.25, 0.3) is 0 Å². The lowest BCUT2D eigenvalue weighted by Crippen LogP contribution is -2.60. The van der Waals surface area contributed by atoms with Crippen molar-refractivity contribution >= 4 is 23.5 Å². The number of hydrogen-bond donors (Lipinski definition) is 3. The fraction of sp³-hybridized carbons (Fsp3) is 0.387. The average Bonchev–Trinajstić information content (AvgIpc) is 3.51. The molecule has 1 aromatic carbocycles. The highest BCUT2D eigenvalue weighted by molar-refractivity contribution is 6.06. The minimum Gasteiger partial charge on any atom is -0.381 e. The number of carbonyl (C=O) groups excluding carboxylic acids is 3. The van der Waals surface area contributed by atoms with Gasteiger partial charge in [-0.1, -0.05) is 0 Å². The zero-order chi connectivity index (χ0) is 34.2. The number of nitriles is 1. The maximum Gasteiger partial charge on any atom is 0.406 e. The number of likely N-dealkylation sites (tertiary alicyclic amines) is 1. The molecule has 1 aromatic heterocycles. The lowest BCUT2D eigenvalue weighted by atomic mass is 9.78. The van der Waals surface area contributed by atoms with E-state index in [0.717, 1.165) is 6.92 Å². The quantitative estimate of drug-likeness (QED) is 0.334. The molecule has 9 nitrogen and oxygen atoms in total. The van der Waals surface area contributed by atoms with Crippen LogP contribution in [0.2, 0.25) is 0 Å². The maximum atomic E-state index is 14.8. The molecule has 5 atom stereocenters. The Morgan fingerprint density at radius 2 is 1.81 bits per heavy atom. The largest absolute Gasteiger partial charge is 0.406 e. The molecule has 16 heteroatoms. The fourth-order valence-corrected chi connectivity index (χ4v) is 7.02. The molecule has 47 heavy (non-hydrogen) atoms. The number of carbonyl (C=O) groups is 3. The molecule has 2 aromatic rings. The number of dihydropyridines is 1. The van der Waals surface area contributed by atoms with Crippen molar-refractivity contribution in [3.05, 3.63) is 81.2 Å². The summed E-state index contributed by atoms with van der Waals surface area (Å²) in [7, 11) is 0. The predicted octanol–water partition coefficient (Wildman–Crippen LogP) is 4.12. The van der Waals surface area contributed by atoms with Gasteiger partial charge in [0.05, 0.1) is 17.0 Å². The summed E-state index contributed by atoms with van der Waals surface area (Å²) in [6, 6.07) is -0.515. The predicted molar refractivity (Wildman–Crippen MR) is 149 cm³/mol. The summed E-state index contributed by atoms with van der Waals surface area (Å²) in [4.78, 5) is 44.5. The second-order valence-electron chi connectivity index (χ2n) is 12.2.